The van der Waals surface area contributed by atoms with Gasteiger partial charge in [-0.3, -0.25) is 4.79 Å². The number of hydrogen-bond acceptors (Lipinski definition) is 1. The van der Waals surface area contributed by atoms with Gasteiger partial charge < -0.3 is 0 Å². The van der Waals surface area contributed by atoms with Crippen molar-refractivity contribution in [2.24, 2.45) is 0 Å². The highest BCUT2D eigenvalue weighted by Crippen LogP contribution is 2.39. The average molecular weight is 242 g/mol. The van der Waals surface area contributed by atoms with E-state index in [4.69, 9.17) is 0 Å². The van der Waals surface area contributed by atoms with Crippen LogP contribution < -0.4 is 5.46 Å². The molecule has 19 heavy (non-hydrogen) atoms. The molecule has 1 aliphatic carbocycles. The Morgan fingerprint density at radius 1 is 0.737 bits per heavy atom. The van der Waals surface area contributed by atoms with Crippen LogP contribution in [0.3, 0.4) is 0 Å². The van der Waals surface area contributed by atoms with Crippen LogP contribution in [-0.2, 0) is 0 Å². The second-order valence-electron chi connectivity index (χ2n) is 5.04. The molecule has 1 aliphatic rings. The third-order valence-corrected chi connectivity index (χ3v) is 3.95. The Morgan fingerprint density at radius 2 is 1.53 bits per heavy atom. The van der Waals surface area contributed by atoms with Crippen LogP contribution in [0.5, 0.6) is 0 Å². The first kappa shape index (κ1) is 10.6. The zero-order chi connectivity index (χ0) is 13.0. The highest BCUT2D eigenvalue weighted by molar-refractivity contribution is 6.42. The molecule has 0 aromatic heterocycles. The van der Waals surface area contributed by atoms with Crippen molar-refractivity contribution in [3.63, 3.8) is 0 Å². The lowest BCUT2D eigenvalue weighted by Crippen LogP contribution is -2.13. The summed E-state index contributed by atoms with van der Waals surface area (Å²) in [6, 6.07) is 18.3. The van der Waals surface area contributed by atoms with E-state index in [1.54, 1.807) is 0 Å². The molecular weight excluding hydrogens is 231 g/mol. The van der Waals surface area contributed by atoms with Gasteiger partial charge in [0, 0.05) is 11.1 Å². The quantitative estimate of drug-likeness (QED) is 0.432. The normalized spacial score (nSPS) is 12.5. The fourth-order valence-corrected chi connectivity index (χ4v) is 3.06. The molecule has 3 aromatic rings. The Balaban J connectivity index is 2.18. The highest BCUT2D eigenvalue weighted by Gasteiger charge is 2.29. The fourth-order valence-electron chi connectivity index (χ4n) is 3.06. The molecule has 0 saturated heterocycles. The van der Waals surface area contributed by atoms with Crippen LogP contribution in [0.1, 0.15) is 15.9 Å². The van der Waals surface area contributed by atoms with Gasteiger partial charge in [-0.15, -0.1) is 0 Å². The molecule has 4 rings (SSSR count). The summed E-state index contributed by atoms with van der Waals surface area (Å²) in [7, 11) is 2.00. The molecule has 0 bridgehead atoms. The number of ketones is 1. The van der Waals surface area contributed by atoms with Crippen molar-refractivity contribution in [2.75, 3.05) is 0 Å². The molecule has 0 aliphatic heterocycles. The summed E-state index contributed by atoms with van der Waals surface area (Å²) in [6.45, 7) is 0. The monoisotopic (exact) mass is 242 g/mol. The second kappa shape index (κ2) is 3.58. The van der Waals surface area contributed by atoms with E-state index in [0.29, 0.717) is 0 Å². The van der Waals surface area contributed by atoms with Crippen molar-refractivity contribution in [1.82, 2.24) is 0 Å². The first-order valence-electron chi connectivity index (χ1n) is 6.44. The van der Waals surface area contributed by atoms with Gasteiger partial charge in [0.1, 0.15) is 7.85 Å². The van der Waals surface area contributed by atoms with Crippen molar-refractivity contribution in [2.45, 2.75) is 0 Å². The first-order valence-corrected chi connectivity index (χ1v) is 6.44. The number of hydrogen-bond donors (Lipinski definition) is 0. The maximum absolute atomic E-state index is 12.7. The topological polar surface area (TPSA) is 17.1 Å². The lowest BCUT2D eigenvalue weighted by molar-refractivity contribution is 0.104. The van der Waals surface area contributed by atoms with Crippen LogP contribution in [0.15, 0.2) is 54.6 Å². The Bertz CT molecular complexity index is 849. The van der Waals surface area contributed by atoms with E-state index in [1.165, 1.54) is 0 Å². The Hall–Kier alpha value is -2.35. The molecule has 0 atom stereocenters. The van der Waals surface area contributed by atoms with E-state index < -0.39 is 0 Å². The fraction of sp³-hybridized carbons (Fsp3) is 0. The number of rotatable bonds is 0. The minimum absolute atomic E-state index is 0.167. The summed E-state index contributed by atoms with van der Waals surface area (Å²) in [6.07, 6.45) is 0. The number of benzene rings is 3. The van der Waals surface area contributed by atoms with Gasteiger partial charge in [-0.2, -0.15) is 0 Å². The molecular formula is C17H11BO. The maximum atomic E-state index is 12.7. The summed E-state index contributed by atoms with van der Waals surface area (Å²) < 4.78 is 0. The summed E-state index contributed by atoms with van der Waals surface area (Å²) in [5.41, 5.74) is 4.94. The van der Waals surface area contributed by atoms with Crippen LogP contribution in [-0.4, -0.2) is 13.6 Å². The third-order valence-electron chi connectivity index (χ3n) is 3.95. The number of carbonyl (C=O) groups is 1. The highest BCUT2D eigenvalue weighted by atomic mass is 16.1. The van der Waals surface area contributed by atoms with E-state index in [1.807, 2.05) is 44.2 Å². The van der Waals surface area contributed by atoms with Crippen molar-refractivity contribution >= 4 is 29.9 Å². The molecule has 0 amide bonds. The van der Waals surface area contributed by atoms with Gasteiger partial charge in [-0.1, -0.05) is 60.1 Å². The molecule has 0 heterocycles. The van der Waals surface area contributed by atoms with Crippen molar-refractivity contribution in [3.8, 4) is 11.1 Å². The summed E-state index contributed by atoms with van der Waals surface area (Å²) in [5, 5.41) is 2.18. The van der Waals surface area contributed by atoms with Gasteiger partial charge in [0.05, 0.1) is 0 Å². The SMILES string of the molecule is Bc1cccc2c1C(=O)c1c-2ccc2ccccc12. The molecule has 0 radical (unpaired) electrons. The van der Waals surface area contributed by atoms with Crippen LogP contribution in [0.25, 0.3) is 21.9 Å². The van der Waals surface area contributed by atoms with Gasteiger partial charge in [0.15, 0.2) is 5.78 Å². The van der Waals surface area contributed by atoms with Gasteiger partial charge in [-0.05, 0) is 21.9 Å². The molecule has 0 fully saturated rings. The minimum atomic E-state index is 0.167. The third kappa shape index (κ3) is 1.29. The lowest BCUT2D eigenvalue weighted by Gasteiger charge is -2.04. The standard InChI is InChI=1S/C17H11BO/c18-14-7-3-6-12-13-9-8-10-4-1-2-5-11(10)15(13)17(19)16(12)14/h1-9H,18H2. The van der Waals surface area contributed by atoms with E-state index in [9.17, 15) is 4.79 Å². The van der Waals surface area contributed by atoms with Crippen molar-refractivity contribution in [3.05, 3.63) is 65.7 Å². The molecule has 1 nitrogen and oxygen atoms in total. The van der Waals surface area contributed by atoms with Crippen LogP contribution >= 0.6 is 0 Å². The predicted octanol–water partition coefficient (Wildman–Crippen LogP) is 2.31. The molecule has 2 heteroatoms. The van der Waals surface area contributed by atoms with Crippen LogP contribution in [0, 0.1) is 0 Å². The summed E-state index contributed by atoms with van der Waals surface area (Å²) in [4.78, 5) is 12.7. The zero-order valence-corrected chi connectivity index (χ0v) is 10.6. The minimum Gasteiger partial charge on any atom is -0.289 e. The first-order chi connectivity index (χ1) is 9.27. The van der Waals surface area contributed by atoms with Gasteiger partial charge >= 0.3 is 0 Å². The largest absolute Gasteiger partial charge is 0.289 e. The molecule has 0 saturated carbocycles. The zero-order valence-electron chi connectivity index (χ0n) is 10.6. The summed E-state index contributed by atoms with van der Waals surface area (Å²) in [5.74, 6) is 0.167. The predicted molar refractivity (Wildman–Crippen MR) is 81.0 cm³/mol. The van der Waals surface area contributed by atoms with Crippen molar-refractivity contribution in [1.29, 1.82) is 0 Å². The molecule has 88 valence electrons. The van der Waals surface area contributed by atoms with Gasteiger partial charge in [-0.25, -0.2) is 0 Å². The van der Waals surface area contributed by atoms with E-state index in [2.05, 4.69) is 18.2 Å². The van der Waals surface area contributed by atoms with Crippen LogP contribution in [0.2, 0.25) is 0 Å². The average Bonchev–Trinajstić information content (AvgIpc) is 2.74. The maximum Gasteiger partial charge on any atom is 0.194 e. The molecule has 0 unspecified atom stereocenters. The number of carbonyl (C=O) groups excluding carboxylic acids is 1. The Kier molecular flexibility index (Phi) is 1.99. The van der Waals surface area contributed by atoms with Gasteiger partial charge in [0.25, 0.3) is 0 Å². The van der Waals surface area contributed by atoms with Crippen LogP contribution in [0.4, 0.5) is 0 Å². The molecule has 0 N–H and O–H groups in total. The smallest absolute Gasteiger partial charge is 0.194 e. The summed E-state index contributed by atoms with van der Waals surface area (Å²) >= 11 is 0. The lowest BCUT2D eigenvalue weighted by atomic mass is 9.87. The van der Waals surface area contributed by atoms with Gasteiger partial charge in [0.2, 0.25) is 0 Å². The Labute approximate surface area is 112 Å². The van der Waals surface area contributed by atoms with Crippen molar-refractivity contribution < 1.29 is 4.79 Å². The second-order valence-corrected chi connectivity index (χ2v) is 5.04. The van der Waals surface area contributed by atoms with E-state index in [-0.39, 0.29) is 5.78 Å². The number of fused-ring (bicyclic) bond motifs is 5. The van der Waals surface area contributed by atoms with E-state index in [0.717, 1.165) is 38.5 Å². The Morgan fingerprint density at radius 3 is 2.42 bits per heavy atom. The molecule has 3 aromatic carbocycles. The van der Waals surface area contributed by atoms with E-state index >= 15 is 0 Å². The molecule has 0 spiro atoms.